The van der Waals surface area contributed by atoms with E-state index in [1.54, 1.807) is 20.8 Å². The van der Waals surface area contributed by atoms with Crippen LogP contribution in [-0.4, -0.2) is 15.0 Å². The van der Waals surface area contributed by atoms with Gasteiger partial charge in [-0.25, -0.2) is 0 Å². The lowest BCUT2D eigenvalue weighted by molar-refractivity contribution is -0.394. The molecule has 100 valence electrons. The number of phenols is 1. The summed E-state index contributed by atoms with van der Waals surface area (Å²) in [5.41, 5.74) is -1.50. The molecule has 0 aliphatic carbocycles. The molecule has 0 aromatic heterocycles. The molecule has 8 heteroatoms. The van der Waals surface area contributed by atoms with E-state index < -0.39 is 32.4 Å². The number of aromatic hydroxyl groups is 1. The molecule has 0 unspecified atom stereocenters. The quantitative estimate of drug-likeness (QED) is 0.616. The summed E-state index contributed by atoms with van der Waals surface area (Å²) in [4.78, 5) is 19.8. The zero-order chi connectivity index (χ0) is 13.4. The Morgan fingerprint density at radius 1 is 1.11 bits per heavy atom. The van der Waals surface area contributed by atoms with Crippen molar-refractivity contribution in [2.75, 3.05) is 0 Å². The van der Waals surface area contributed by atoms with E-state index in [1.807, 2.05) is 0 Å². The van der Waals surface area contributed by atoms with Crippen LogP contribution in [0.2, 0.25) is 0 Å². The van der Waals surface area contributed by atoms with Crippen LogP contribution in [0.3, 0.4) is 0 Å². The molecule has 0 saturated carbocycles. The van der Waals surface area contributed by atoms with Gasteiger partial charge in [-0.15, -0.1) is 0 Å². The van der Waals surface area contributed by atoms with E-state index in [1.165, 1.54) is 0 Å². The van der Waals surface area contributed by atoms with Crippen LogP contribution in [0, 0.1) is 20.2 Å². The number of rotatable bonds is 2. The average molecular weight is 257 g/mol. The standard InChI is InChI=1S/C10H12N2O5.H3N/c1-10(2,3)7-4-6(11(14)15)5-8(9(7)13)12(16)17;/h4-5,13H,1-3H3;1H3. The minimum atomic E-state index is -0.836. The number of hydrogen-bond acceptors (Lipinski definition) is 6. The van der Waals surface area contributed by atoms with Gasteiger partial charge in [-0.2, -0.15) is 0 Å². The monoisotopic (exact) mass is 257 g/mol. The molecule has 0 saturated heterocycles. The fraction of sp³-hybridized carbons (Fsp3) is 0.400. The van der Waals surface area contributed by atoms with Gasteiger partial charge in [0.05, 0.1) is 15.9 Å². The van der Waals surface area contributed by atoms with Gasteiger partial charge in [0.25, 0.3) is 5.69 Å². The van der Waals surface area contributed by atoms with E-state index in [-0.39, 0.29) is 11.7 Å². The van der Waals surface area contributed by atoms with E-state index in [4.69, 9.17) is 0 Å². The van der Waals surface area contributed by atoms with E-state index in [9.17, 15) is 25.3 Å². The molecule has 1 aromatic carbocycles. The minimum Gasteiger partial charge on any atom is -0.502 e. The van der Waals surface area contributed by atoms with Crippen molar-refractivity contribution in [2.24, 2.45) is 0 Å². The normalized spacial score (nSPS) is 10.6. The molecular weight excluding hydrogens is 242 g/mol. The third kappa shape index (κ3) is 2.92. The molecule has 0 radical (unpaired) electrons. The number of benzene rings is 1. The van der Waals surface area contributed by atoms with Crippen LogP contribution in [0.15, 0.2) is 12.1 Å². The third-order valence-corrected chi connectivity index (χ3v) is 2.29. The Bertz CT molecular complexity index is 493. The molecule has 0 spiro atoms. The van der Waals surface area contributed by atoms with Gasteiger partial charge in [0, 0.05) is 11.6 Å². The molecule has 4 N–H and O–H groups in total. The lowest BCUT2D eigenvalue weighted by Gasteiger charge is -2.19. The summed E-state index contributed by atoms with van der Waals surface area (Å²) in [7, 11) is 0. The predicted octanol–water partition coefficient (Wildman–Crippen LogP) is 2.67. The second kappa shape index (κ2) is 4.96. The van der Waals surface area contributed by atoms with Crippen LogP contribution in [0.1, 0.15) is 26.3 Å². The molecule has 0 fully saturated rings. The number of nitro groups is 2. The summed E-state index contributed by atoms with van der Waals surface area (Å²) < 4.78 is 0. The first-order chi connectivity index (χ1) is 7.64. The molecule has 1 aromatic rings. The first-order valence-electron chi connectivity index (χ1n) is 4.81. The van der Waals surface area contributed by atoms with Crippen LogP contribution in [0.25, 0.3) is 0 Å². The van der Waals surface area contributed by atoms with Crippen molar-refractivity contribution in [3.8, 4) is 5.75 Å². The van der Waals surface area contributed by atoms with Gasteiger partial charge >= 0.3 is 5.69 Å². The molecule has 0 bridgehead atoms. The van der Waals surface area contributed by atoms with Crippen molar-refractivity contribution in [1.82, 2.24) is 6.15 Å². The van der Waals surface area contributed by atoms with Crippen molar-refractivity contribution >= 4 is 11.4 Å². The summed E-state index contributed by atoms with van der Waals surface area (Å²) >= 11 is 0. The maximum atomic E-state index is 10.7. The number of nitro benzene ring substituents is 2. The third-order valence-electron chi connectivity index (χ3n) is 2.29. The van der Waals surface area contributed by atoms with Crippen LogP contribution in [0.5, 0.6) is 5.75 Å². The molecule has 1 rings (SSSR count). The SMILES string of the molecule is CC(C)(C)c1cc([N+](=O)[O-])cc([N+](=O)[O-])c1O.N. The van der Waals surface area contributed by atoms with Crippen molar-refractivity contribution in [1.29, 1.82) is 0 Å². The number of nitrogens with zero attached hydrogens (tertiary/aromatic N) is 2. The van der Waals surface area contributed by atoms with Crippen LogP contribution < -0.4 is 6.15 Å². The fourth-order valence-electron chi connectivity index (χ4n) is 1.42. The highest BCUT2D eigenvalue weighted by atomic mass is 16.6. The second-order valence-electron chi connectivity index (χ2n) is 4.63. The number of hydrogen-bond donors (Lipinski definition) is 2. The Labute approximate surface area is 103 Å². The smallest absolute Gasteiger partial charge is 0.317 e. The maximum Gasteiger partial charge on any atom is 0.317 e. The summed E-state index contributed by atoms with van der Waals surface area (Å²) in [5, 5.41) is 31.1. The van der Waals surface area contributed by atoms with Crippen molar-refractivity contribution < 1.29 is 15.0 Å². The molecule has 0 aliphatic rings. The fourth-order valence-corrected chi connectivity index (χ4v) is 1.42. The Morgan fingerprint density at radius 2 is 1.61 bits per heavy atom. The Kier molecular flexibility index (Phi) is 4.35. The Balaban J connectivity index is 0.00000289. The van der Waals surface area contributed by atoms with E-state index >= 15 is 0 Å². The summed E-state index contributed by atoms with van der Waals surface area (Å²) in [6.07, 6.45) is 0. The minimum absolute atomic E-state index is 0. The second-order valence-corrected chi connectivity index (χ2v) is 4.63. The molecule has 8 nitrogen and oxygen atoms in total. The van der Waals surface area contributed by atoms with Crippen molar-refractivity contribution in [3.63, 3.8) is 0 Å². The topological polar surface area (TPSA) is 142 Å². The molecule has 0 heterocycles. The molecule has 0 aliphatic heterocycles. The van der Waals surface area contributed by atoms with Gasteiger partial charge in [-0.1, -0.05) is 20.8 Å². The summed E-state index contributed by atoms with van der Waals surface area (Å²) in [6, 6.07) is 1.91. The van der Waals surface area contributed by atoms with E-state index in [0.29, 0.717) is 0 Å². The first kappa shape index (κ1) is 15.8. The van der Waals surface area contributed by atoms with E-state index in [0.717, 1.165) is 12.1 Å². The van der Waals surface area contributed by atoms with Gasteiger partial charge in [-0.05, 0) is 5.41 Å². The summed E-state index contributed by atoms with van der Waals surface area (Å²) in [5.74, 6) is -0.520. The highest BCUT2D eigenvalue weighted by Crippen LogP contribution is 2.40. The number of phenolic OH excluding ortho intramolecular Hbond substituents is 1. The van der Waals surface area contributed by atoms with Crippen LogP contribution in [0.4, 0.5) is 11.4 Å². The first-order valence-corrected chi connectivity index (χ1v) is 4.81. The largest absolute Gasteiger partial charge is 0.502 e. The van der Waals surface area contributed by atoms with Crippen LogP contribution in [-0.2, 0) is 5.41 Å². The lowest BCUT2D eigenvalue weighted by Crippen LogP contribution is -2.12. The van der Waals surface area contributed by atoms with Gasteiger partial charge in [0.15, 0.2) is 5.75 Å². The molecule has 0 atom stereocenters. The maximum absolute atomic E-state index is 10.7. The zero-order valence-electron chi connectivity index (χ0n) is 10.3. The van der Waals surface area contributed by atoms with E-state index in [2.05, 4.69) is 0 Å². The Hall–Kier alpha value is -2.22. The van der Waals surface area contributed by atoms with Gasteiger partial charge in [0.1, 0.15) is 0 Å². The van der Waals surface area contributed by atoms with Crippen molar-refractivity contribution in [2.45, 2.75) is 26.2 Å². The average Bonchev–Trinajstić information content (AvgIpc) is 2.15. The highest BCUT2D eigenvalue weighted by molar-refractivity contribution is 5.59. The van der Waals surface area contributed by atoms with Gasteiger partial charge in [-0.3, -0.25) is 20.2 Å². The zero-order valence-corrected chi connectivity index (χ0v) is 10.3. The van der Waals surface area contributed by atoms with Crippen molar-refractivity contribution in [3.05, 3.63) is 37.9 Å². The highest BCUT2D eigenvalue weighted by Gasteiger charge is 2.29. The van der Waals surface area contributed by atoms with Crippen LogP contribution >= 0.6 is 0 Å². The molecular formula is C10H15N3O5. The molecule has 18 heavy (non-hydrogen) atoms. The Morgan fingerprint density at radius 3 is 1.94 bits per heavy atom. The van der Waals surface area contributed by atoms with Gasteiger partial charge < -0.3 is 11.3 Å². The predicted molar refractivity (Wildman–Crippen MR) is 65.1 cm³/mol. The van der Waals surface area contributed by atoms with Gasteiger partial charge in [0.2, 0.25) is 0 Å². The number of non-ortho nitro benzene ring substituents is 1. The summed E-state index contributed by atoms with van der Waals surface area (Å²) in [6.45, 7) is 5.11. The lowest BCUT2D eigenvalue weighted by atomic mass is 9.85. The molecule has 0 amide bonds.